The number of halogens is 1. The molecule has 0 aliphatic carbocycles. The van der Waals surface area contributed by atoms with Crippen molar-refractivity contribution in [1.82, 2.24) is 4.90 Å². The number of anilines is 1. The number of nitrogens with zero attached hydrogens (tertiary/aromatic N) is 2. The average Bonchev–Trinajstić information content (AvgIpc) is 2.46. The Kier molecular flexibility index (Phi) is 5.00. The maximum atomic E-state index is 14.0. The SMILES string of the molecule is CCC(C)N1CCN(c2cccc(F)c2C(C)N)CC1. The number of hydrogen-bond donors (Lipinski definition) is 1. The summed E-state index contributed by atoms with van der Waals surface area (Å²) in [7, 11) is 0. The van der Waals surface area contributed by atoms with Crippen molar-refractivity contribution >= 4 is 5.69 Å². The summed E-state index contributed by atoms with van der Waals surface area (Å²) in [5, 5.41) is 0. The predicted molar refractivity (Wildman–Crippen MR) is 82.5 cm³/mol. The van der Waals surface area contributed by atoms with Gasteiger partial charge in [0.2, 0.25) is 0 Å². The molecule has 1 heterocycles. The third kappa shape index (κ3) is 3.13. The molecule has 1 saturated heterocycles. The van der Waals surface area contributed by atoms with Crippen molar-refractivity contribution < 1.29 is 4.39 Å². The van der Waals surface area contributed by atoms with E-state index in [9.17, 15) is 4.39 Å². The fourth-order valence-electron chi connectivity index (χ4n) is 2.91. The van der Waals surface area contributed by atoms with Crippen LogP contribution in [-0.2, 0) is 0 Å². The molecule has 112 valence electrons. The fourth-order valence-corrected chi connectivity index (χ4v) is 2.91. The van der Waals surface area contributed by atoms with Crippen LogP contribution in [0.25, 0.3) is 0 Å². The summed E-state index contributed by atoms with van der Waals surface area (Å²) in [6.07, 6.45) is 1.17. The Labute approximate surface area is 121 Å². The quantitative estimate of drug-likeness (QED) is 0.920. The Bertz CT molecular complexity index is 439. The molecule has 2 unspecified atom stereocenters. The highest BCUT2D eigenvalue weighted by Gasteiger charge is 2.23. The highest BCUT2D eigenvalue weighted by atomic mass is 19.1. The lowest BCUT2D eigenvalue weighted by molar-refractivity contribution is 0.192. The van der Waals surface area contributed by atoms with Gasteiger partial charge in [0.1, 0.15) is 5.82 Å². The van der Waals surface area contributed by atoms with Gasteiger partial charge >= 0.3 is 0 Å². The molecule has 1 aromatic rings. The van der Waals surface area contributed by atoms with E-state index in [1.807, 2.05) is 13.0 Å². The zero-order valence-corrected chi connectivity index (χ0v) is 12.8. The molecule has 2 atom stereocenters. The molecule has 0 bridgehead atoms. The first-order valence-corrected chi connectivity index (χ1v) is 7.57. The van der Waals surface area contributed by atoms with Crippen LogP contribution < -0.4 is 10.6 Å². The Hall–Kier alpha value is -1.13. The van der Waals surface area contributed by atoms with E-state index in [0.717, 1.165) is 31.9 Å². The summed E-state index contributed by atoms with van der Waals surface area (Å²) in [5.41, 5.74) is 7.55. The lowest BCUT2D eigenvalue weighted by atomic mass is 10.0. The maximum Gasteiger partial charge on any atom is 0.130 e. The molecule has 1 aliphatic heterocycles. The van der Waals surface area contributed by atoms with E-state index in [1.165, 1.54) is 12.5 Å². The molecule has 0 spiro atoms. The van der Waals surface area contributed by atoms with Gasteiger partial charge in [-0.3, -0.25) is 4.90 Å². The van der Waals surface area contributed by atoms with E-state index >= 15 is 0 Å². The molecule has 1 fully saturated rings. The van der Waals surface area contributed by atoms with Gasteiger partial charge in [-0.15, -0.1) is 0 Å². The third-order valence-corrected chi connectivity index (χ3v) is 4.35. The Morgan fingerprint density at radius 2 is 1.85 bits per heavy atom. The van der Waals surface area contributed by atoms with Crippen LogP contribution in [0.5, 0.6) is 0 Å². The maximum absolute atomic E-state index is 14.0. The first-order chi connectivity index (χ1) is 9.54. The first kappa shape index (κ1) is 15.3. The average molecular weight is 279 g/mol. The van der Waals surface area contributed by atoms with Crippen LogP contribution in [0.2, 0.25) is 0 Å². The summed E-state index contributed by atoms with van der Waals surface area (Å²) < 4.78 is 14.0. The molecule has 0 radical (unpaired) electrons. The molecule has 2 N–H and O–H groups in total. The van der Waals surface area contributed by atoms with E-state index in [1.54, 1.807) is 6.07 Å². The monoisotopic (exact) mass is 279 g/mol. The molecule has 0 amide bonds. The van der Waals surface area contributed by atoms with Crippen LogP contribution in [0, 0.1) is 5.82 Å². The van der Waals surface area contributed by atoms with E-state index in [-0.39, 0.29) is 11.9 Å². The van der Waals surface area contributed by atoms with Crippen LogP contribution in [0.1, 0.15) is 38.8 Å². The molecule has 0 saturated carbocycles. The van der Waals surface area contributed by atoms with Gasteiger partial charge in [0.05, 0.1) is 0 Å². The van der Waals surface area contributed by atoms with Crippen LogP contribution in [-0.4, -0.2) is 37.1 Å². The minimum Gasteiger partial charge on any atom is -0.369 e. The van der Waals surface area contributed by atoms with E-state index in [0.29, 0.717) is 11.6 Å². The lowest BCUT2D eigenvalue weighted by Crippen LogP contribution is -2.49. The van der Waals surface area contributed by atoms with Crippen molar-refractivity contribution in [2.45, 2.75) is 39.3 Å². The highest BCUT2D eigenvalue weighted by Crippen LogP contribution is 2.28. The van der Waals surface area contributed by atoms with Crippen molar-refractivity contribution in [3.05, 3.63) is 29.6 Å². The van der Waals surface area contributed by atoms with Gasteiger partial charge in [-0.05, 0) is 32.4 Å². The number of piperazine rings is 1. The second-order valence-electron chi connectivity index (χ2n) is 5.74. The second kappa shape index (κ2) is 6.55. The molecule has 20 heavy (non-hydrogen) atoms. The fraction of sp³-hybridized carbons (Fsp3) is 0.625. The topological polar surface area (TPSA) is 32.5 Å². The van der Waals surface area contributed by atoms with Crippen molar-refractivity contribution in [2.24, 2.45) is 5.73 Å². The minimum atomic E-state index is -0.279. The third-order valence-electron chi connectivity index (χ3n) is 4.35. The Morgan fingerprint density at radius 3 is 2.40 bits per heavy atom. The van der Waals surface area contributed by atoms with Gasteiger partial charge in [0, 0.05) is 49.5 Å². The predicted octanol–water partition coefficient (Wildman–Crippen LogP) is 2.77. The number of nitrogens with two attached hydrogens (primary N) is 1. The van der Waals surface area contributed by atoms with Crippen LogP contribution >= 0.6 is 0 Å². The summed E-state index contributed by atoms with van der Waals surface area (Å²) in [6.45, 7) is 10.3. The van der Waals surface area contributed by atoms with Crippen LogP contribution in [0.3, 0.4) is 0 Å². The number of benzene rings is 1. The normalized spacial score (nSPS) is 19.9. The lowest BCUT2D eigenvalue weighted by Gasteiger charge is -2.39. The summed E-state index contributed by atoms with van der Waals surface area (Å²) in [6, 6.07) is 5.60. The van der Waals surface area contributed by atoms with E-state index in [4.69, 9.17) is 5.73 Å². The molecule has 2 rings (SSSR count). The van der Waals surface area contributed by atoms with Gasteiger partial charge in [0.25, 0.3) is 0 Å². The largest absolute Gasteiger partial charge is 0.369 e. The zero-order chi connectivity index (χ0) is 14.7. The van der Waals surface area contributed by atoms with Crippen LogP contribution in [0.4, 0.5) is 10.1 Å². The zero-order valence-electron chi connectivity index (χ0n) is 12.8. The minimum absolute atomic E-state index is 0.193. The Balaban J connectivity index is 2.13. The highest BCUT2D eigenvalue weighted by molar-refractivity contribution is 5.55. The number of rotatable bonds is 4. The van der Waals surface area contributed by atoms with Crippen molar-refractivity contribution in [3.8, 4) is 0 Å². The van der Waals surface area contributed by atoms with Gasteiger partial charge < -0.3 is 10.6 Å². The number of hydrogen-bond acceptors (Lipinski definition) is 3. The molecule has 3 nitrogen and oxygen atoms in total. The standard InChI is InChI=1S/C16H26FN3/c1-4-12(2)19-8-10-20(11-9-19)15-7-5-6-14(17)16(15)13(3)18/h5-7,12-13H,4,8-11,18H2,1-3H3. The van der Waals surface area contributed by atoms with E-state index in [2.05, 4.69) is 23.6 Å². The molecule has 1 aromatic carbocycles. The second-order valence-corrected chi connectivity index (χ2v) is 5.74. The molecule has 0 aromatic heterocycles. The summed E-state index contributed by atoms with van der Waals surface area (Å²) in [4.78, 5) is 4.77. The van der Waals surface area contributed by atoms with Crippen molar-refractivity contribution in [2.75, 3.05) is 31.1 Å². The summed E-state index contributed by atoms with van der Waals surface area (Å²) >= 11 is 0. The van der Waals surface area contributed by atoms with Crippen molar-refractivity contribution in [1.29, 1.82) is 0 Å². The van der Waals surface area contributed by atoms with Gasteiger partial charge in [-0.25, -0.2) is 4.39 Å². The van der Waals surface area contributed by atoms with Crippen molar-refractivity contribution in [3.63, 3.8) is 0 Å². The smallest absolute Gasteiger partial charge is 0.130 e. The molecule has 1 aliphatic rings. The Morgan fingerprint density at radius 1 is 1.20 bits per heavy atom. The van der Waals surface area contributed by atoms with E-state index < -0.39 is 0 Å². The first-order valence-electron chi connectivity index (χ1n) is 7.57. The van der Waals surface area contributed by atoms with Gasteiger partial charge in [-0.2, -0.15) is 0 Å². The van der Waals surface area contributed by atoms with Crippen LogP contribution in [0.15, 0.2) is 18.2 Å². The molecular formula is C16H26FN3. The molecular weight excluding hydrogens is 253 g/mol. The van der Waals surface area contributed by atoms with Gasteiger partial charge in [0.15, 0.2) is 0 Å². The van der Waals surface area contributed by atoms with Gasteiger partial charge in [-0.1, -0.05) is 13.0 Å². The summed E-state index contributed by atoms with van der Waals surface area (Å²) in [5.74, 6) is -0.193. The molecule has 4 heteroatoms.